The lowest BCUT2D eigenvalue weighted by atomic mass is 10.0. The molecule has 0 bridgehead atoms. The van der Waals surface area contributed by atoms with E-state index >= 15 is 0 Å². The summed E-state index contributed by atoms with van der Waals surface area (Å²) in [6.45, 7) is 4.13. The van der Waals surface area contributed by atoms with Crippen LogP contribution >= 0.6 is 0 Å². The third-order valence-corrected chi connectivity index (χ3v) is 8.56. The van der Waals surface area contributed by atoms with Crippen molar-refractivity contribution in [3.8, 4) is 0 Å². The normalized spacial score (nSPS) is 12.2. The Balaban J connectivity index is 3.53. The van der Waals surface area contributed by atoms with E-state index in [-0.39, 0.29) is 25.2 Å². The summed E-state index contributed by atoms with van der Waals surface area (Å²) in [6.07, 6.45) is 39.8. The second-order valence-corrected chi connectivity index (χ2v) is 13.0. The van der Waals surface area contributed by atoms with Gasteiger partial charge in [0.1, 0.15) is 6.61 Å². The summed E-state index contributed by atoms with van der Waals surface area (Å²) in [7, 11) is 0. The molecule has 5 nitrogen and oxygen atoms in total. The molecule has 0 heterocycles. The minimum absolute atomic E-state index is 0.0624. The largest absolute Gasteiger partial charge is 0.462 e. The van der Waals surface area contributed by atoms with Crippen molar-refractivity contribution in [1.29, 1.82) is 0 Å². The Labute approximate surface area is 273 Å². The maximum Gasteiger partial charge on any atom is 0.306 e. The zero-order chi connectivity index (χ0) is 32.2. The van der Waals surface area contributed by atoms with E-state index in [0.29, 0.717) is 12.8 Å². The summed E-state index contributed by atoms with van der Waals surface area (Å²) in [5.74, 6) is -0.586. The Hall–Kier alpha value is -1.36. The SMILES string of the molecule is CCCCCC/C=C/CCCCCCCCCC(=O)OC[C@H](CO)OC(=O)CCCCCCCCCCCCCCCCC. The third-order valence-electron chi connectivity index (χ3n) is 8.56. The molecule has 0 fully saturated rings. The van der Waals surface area contributed by atoms with Gasteiger partial charge in [0.2, 0.25) is 0 Å². The first-order valence-corrected chi connectivity index (χ1v) is 19.2. The van der Waals surface area contributed by atoms with E-state index in [1.807, 2.05) is 0 Å². The van der Waals surface area contributed by atoms with Gasteiger partial charge in [0.15, 0.2) is 6.10 Å². The van der Waals surface area contributed by atoms with Crippen LogP contribution in [-0.4, -0.2) is 36.4 Å². The van der Waals surface area contributed by atoms with Gasteiger partial charge in [0, 0.05) is 12.8 Å². The van der Waals surface area contributed by atoms with Crippen LogP contribution < -0.4 is 0 Å². The quantitative estimate of drug-likeness (QED) is 0.0432. The number of aliphatic hydroxyl groups is 1. The molecule has 5 heteroatoms. The number of carbonyl (C=O) groups excluding carboxylic acids is 2. The van der Waals surface area contributed by atoms with Gasteiger partial charge in [-0.15, -0.1) is 0 Å². The van der Waals surface area contributed by atoms with Crippen molar-refractivity contribution in [2.24, 2.45) is 0 Å². The molecule has 0 radical (unpaired) electrons. The van der Waals surface area contributed by atoms with E-state index < -0.39 is 6.10 Å². The molecule has 0 saturated carbocycles. The zero-order valence-electron chi connectivity index (χ0n) is 29.4. The van der Waals surface area contributed by atoms with Crippen LogP contribution in [0.3, 0.4) is 0 Å². The Morgan fingerprint density at radius 3 is 1.25 bits per heavy atom. The Bertz CT molecular complexity index is 632. The topological polar surface area (TPSA) is 72.8 Å². The maximum atomic E-state index is 12.1. The predicted molar refractivity (Wildman–Crippen MR) is 187 cm³/mol. The highest BCUT2D eigenvalue weighted by molar-refractivity contribution is 5.70. The Morgan fingerprint density at radius 2 is 0.841 bits per heavy atom. The van der Waals surface area contributed by atoms with Gasteiger partial charge >= 0.3 is 11.9 Å². The average molecular weight is 623 g/mol. The molecule has 0 amide bonds. The van der Waals surface area contributed by atoms with Crippen LogP contribution in [0.15, 0.2) is 12.2 Å². The van der Waals surface area contributed by atoms with Gasteiger partial charge in [-0.1, -0.05) is 167 Å². The maximum absolute atomic E-state index is 12.1. The van der Waals surface area contributed by atoms with Crippen LogP contribution in [0.5, 0.6) is 0 Å². The first-order chi connectivity index (χ1) is 21.6. The Morgan fingerprint density at radius 1 is 0.500 bits per heavy atom. The highest BCUT2D eigenvalue weighted by Crippen LogP contribution is 2.15. The number of hydrogen-bond donors (Lipinski definition) is 1. The first-order valence-electron chi connectivity index (χ1n) is 19.2. The number of allylic oxidation sites excluding steroid dienone is 2. The number of carbonyl (C=O) groups is 2. The number of aliphatic hydroxyl groups excluding tert-OH is 1. The van der Waals surface area contributed by atoms with Gasteiger partial charge < -0.3 is 14.6 Å². The monoisotopic (exact) mass is 623 g/mol. The standard InChI is InChI=1S/C39H74O5/c1-3-5-7-9-11-13-15-17-19-21-23-25-27-29-31-33-38(41)43-36-37(35-40)44-39(42)34-32-30-28-26-24-22-20-18-16-14-12-10-8-6-4-2/h13,15,37,40H,3-12,14,16-36H2,1-2H3/b15-13+/t37-/m0/s1. The smallest absolute Gasteiger partial charge is 0.306 e. The highest BCUT2D eigenvalue weighted by Gasteiger charge is 2.16. The summed E-state index contributed by atoms with van der Waals surface area (Å²) in [4.78, 5) is 24.2. The summed E-state index contributed by atoms with van der Waals surface area (Å²) < 4.78 is 10.6. The van der Waals surface area contributed by atoms with Crippen LogP contribution in [0.4, 0.5) is 0 Å². The van der Waals surface area contributed by atoms with Crippen molar-refractivity contribution in [2.75, 3.05) is 13.2 Å². The molecule has 0 spiro atoms. The van der Waals surface area contributed by atoms with Gasteiger partial charge in [-0.3, -0.25) is 9.59 Å². The molecule has 44 heavy (non-hydrogen) atoms. The molecule has 0 unspecified atom stereocenters. The summed E-state index contributed by atoms with van der Waals surface area (Å²) in [6, 6.07) is 0. The predicted octanol–water partition coefficient (Wildman–Crippen LogP) is 11.7. The van der Waals surface area contributed by atoms with Gasteiger partial charge in [0.05, 0.1) is 6.61 Å². The van der Waals surface area contributed by atoms with Crippen molar-refractivity contribution in [3.05, 3.63) is 12.2 Å². The molecular weight excluding hydrogens is 548 g/mol. The van der Waals surface area contributed by atoms with Crippen LogP contribution in [0, 0.1) is 0 Å². The second-order valence-electron chi connectivity index (χ2n) is 13.0. The lowest BCUT2D eigenvalue weighted by Crippen LogP contribution is -2.28. The zero-order valence-corrected chi connectivity index (χ0v) is 29.4. The van der Waals surface area contributed by atoms with Crippen molar-refractivity contribution < 1.29 is 24.2 Å². The fourth-order valence-corrected chi connectivity index (χ4v) is 5.61. The van der Waals surface area contributed by atoms with Gasteiger partial charge in [-0.05, 0) is 38.5 Å². The van der Waals surface area contributed by atoms with Crippen LogP contribution in [0.25, 0.3) is 0 Å². The molecule has 0 aliphatic rings. The average Bonchev–Trinajstić information content (AvgIpc) is 3.02. The number of ether oxygens (including phenoxy) is 2. The second kappa shape index (κ2) is 36.1. The minimum atomic E-state index is -0.765. The van der Waals surface area contributed by atoms with Crippen molar-refractivity contribution in [1.82, 2.24) is 0 Å². The van der Waals surface area contributed by atoms with Gasteiger partial charge in [-0.2, -0.15) is 0 Å². The summed E-state index contributed by atoms with van der Waals surface area (Å²) in [5, 5.41) is 9.54. The van der Waals surface area contributed by atoms with Crippen LogP contribution in [0.1, 0.15) is 206 Å². The Kier molecular flexibility index (Phi) is 35.0. The molecule has 0 saturated heterocycles. The molecule has 260 valence electrons. The van der Waals surface area contributed by atoms with Crippen molar-refractivity contribution in [2.45, 2.75) is 213 Å². The van der Waals surface area contributed by atoms with Crippen LogP contribution in [-0.2, 0) is 19.1 Å². The molecule has 0 aliphatic heterocycles. The van der Waals surface area contributed by atoms with Crippen molar-refractivity contribution in [3.63, 3.8) is 0 Å². The summed E-state index contributed by atoms with van der Waals surface area (Å²) in [5.41, 5.74) is 0. The molecule has 0 aromatic rings. The lowest BCUT2D eigenvalue weighted by Gasteiger charge is -2.15. The molecule has 1 atom stereocenters. The highest BCUT2D eigenvalue weighted by atomic mass is 16.6. The van der Waals surface area contributed by atoms with E-state index in [1.54, 1.807) is 0 Å². The number of rotatable bonds is 35. The third kappa shape index (κ3) is 33.5. The number of unbranched alkanes of at least 4 members (excludes halogenated alkanes) is 25. The molecule has 0 aromatic carbocycles. The van der Waals surface area contributed by atoms with E-state index in [4.69, 9.17) is 9.47 Å². The fourth-order valence-electron chi connectivity index (χ4n) is 5.61. The first kappa shape index (κ1) is 42.6. The molecule has 0 rings (SSSR count). The fraction of sp³-hybridized carbons (Fsp3) is 0.897. The van der Waals surface area contributed by atoms with E-state index in [9.17, 15) is 14.7 Å². The van der Waals surface area contributed by atoms with Crippen molar-refractivity contribution >= 4 is 11.9 Å². The van der Waals surface area contributed by atoms with Crippen LogP contribution in [0.2, 0.25) is 0 Å². The minimum Gasteiger partial charge on any atom is -0.462 e. The van der Waals surface area contributed by atoms with E-state index in [2.05, 4.69) is 26.0 Å². The summed E-state index contributed by atoms with van der Waals surface area (Å²) >= 11 is 0. The number of hydrogen-bond acceptors (Lipinski definition) is 5. The lowest BCUT2D eigenvalue weighted by molar-refractivity contribution is -0.161. The van der Waals surface area contributed by atoms with E-state index in [1.165, 1.54) is 141 Å². The number of esters is 2. The molecule has 0 aliphatic carbocycles. The molecular formula is C39H74O5. The van der Waals surface area contributed by atoms with Gasteiger partial charge in [-0.25, -0.2) is 0 Å². The van der Waals surface area contributed by atoms with E-state index in [0.717, 1.165) is 38.5 Å². The molecule has 1 N–H and O–H groups in total. The molecule has 0 aromatic heterocycles. The van der Waals surface area contributed by atoms with Gasteiger partial charge in [0.25, 0.3) is 0 Å².